The second kappa shape index (κ2) is 4.70. The molecule has 2 N–H and O–H groups in total. The Morgan fingerprint density at radius 3 is 2.47 bits per heavy atom. The molecule has 0 aromatic carbocycles. The lowest BCUT2D eigenvalue weighted by atomic mass is 10.2. The Morgan fingerprint density at radius 1 is 1.47 bits per heavy atom. The molecule has 1 rings (SSSR count). The molecule has 94 valence electrons. The van der Waals surface area contributed by atoms with E-state index >= 15 is 0 Å². The first kappa shape index (κ1) is 13.4. The van der Waals surface area contributed by atoms with Crippen LogP contribution in [0.1, 0.15) is 40.3 Å². The molecule has 1 aromatic heterocycles. The van der Waals surface area contributed by atoms with Crippen molar-refractivity contribution in [3.63, 3.8) is 0 Å². The zero-order valence-corrected chi connectivity index (χ0v) is 11.2. The number of nitriles is 1. The van der Waals surface area contributed by atoms with E-state index in [9.17, 15) is 0 Å². The lowest BCUT2D eigenvalue weighted by Crippen LogP contribution is -2.25. The second-order valence-corrected chi connectivity index (χ2v) is 5.62. The van der Waals surface area contributed by atoms with Crippen molar-refractivity contribution in [1.82, 2.24) is 4.57 Å². The third kappa shape index (κ3) is 3.42. The molecule has 0 aliphatic carbocycles. The van der Waals surface area contributed by atoms with Gasteiger partial charge in [0.05, 0.1) is 5.69 Å². The van der Waals surface area contributed by atoms with Gasteiger partial charge < -0.3 is 15.0 Å². The Hall–Kier alpha value is -1.63. The summed E-state index contributed by atoms with van der Waals surface area (Å²) >= 11 is 0. The van der Waals surface area contributed by atoms with E-state index in [2.05, 4.69) is 19.9 Å². The summed E-state index contributed by atoms with van der Waals surface area (Å²) in [5, 5.41) is 9.09. The maximum absolute atomic E-state index is 9.09. The maximum atomic E-state index is 9.09. The Labute approximate surface area is 103 Å². The van der Waals surface area contributed by atoms with E-state index in [1.165, 1.54) is 0 Å². The molecule has 0 aliphatic rings. The molecule has 17 heavy (non-hydrogen) atoms. The topological polar surface area (TPSA) is 64.0 Å². The maximum Gasteiger partial charge on any atom is 0.218 e. The predicted octanol–water partition coefficient (Wildman–Crippen LogP) is 2.78. The third-order valence-electron chi connectivity index (χ3n) is 2.14. The number of nitrogens with two attached hydrogens (primary N) is 1. The van der Waals surface area contributed by atoms with Crippen LogP contribution in [0.15, 0.2) is 6.07 Å². The van der Waals surface area contributed by atoms with Gasteiger partial charge in [0.15, 0.2) is 0 Å². The van der Waals surface area contributed by atoms with Crippen LogP contribution in [0.3, 0.4) is 0 Å². The molecule has 1 heterocycles. The van der Waals surface area contributed by atoms with Crippen LogP contribution in [0, 0.1) is 17.2 Å². The van der Waals surface area contributed by atoms with Crippen molar-refractivity contribution >= 4 is 5.69 Å². The van der Waals surface area contributed by atoms with Crippen molar-refractivity contribution in [2.24, 2.45) is 5.92 Å². The van der Waals surface area contributed by atoms with E-state index in [0.29, 0.717) is 23.2 Å². The molecule has 0 amide bonds. The average molecular weight is 235 g/mol. The molecule has 0 radical (unpaired) electrons. The highest BCUT2D eigenvalue weighted by Crippen LogP contribution is 2.30. The van der Waals surface area contributed by atoms with Crippen LogP contribution < -0.4 is 10.5 Å². The third-order valence-corrected chi connectivity index (χ3v) is 2.14. The summed E-state index contributed by atoms with van der Waals surface area (Å²) in [5.41, 5.74) is 6.65. The summed E-state index contributed by atoms with van der Waals surface area (Å²) in [4.78, 5) is 0. The Morgan fingerprint density at radius 2 is 2.06 bits per heavy atom. The van der Waals surface area contributed by atoms with Gasteiger partial charge in [-0.15, -0.1) is 0 Å². The Kier molecular flexibility index (Phi) is 3.72. The van der Waals surface area contributed by atoms with E-state index in [-0.39, 0.29) is 5.60 Å². The van der Waals surface area contributed by atoms with Crippen LogP contribution in [-0.2, 0) is 6.54 Å². The number of nitrogens with zero attached hydrogens (tertiary/aromatic N) is 2. The normalized spacial score (nSPS) is 11.6. The first-order valence-corrected chi connectivity index (χ1v) is 5.82. The molecule has 0 spiro atoms. The standard InChI is InChI=1S/C13H21N3O/c1-9(2)8-16-10(7-14)6-11(15)12(16)17-13(3,4)5/h6,9H,8,15H2,1-5H3. The first-order chi connectivity index (χ1) is 7.74. The van der Waals surface area contributed by atoms with Crippen molar-refractivity contribution in [3.8, 4) is 11.9 Å². The van der Waals surface area contributed by atoms with Gasteiger partial charge in [0.2, 0.25) is 5.88 Å². The quantitative estimate of drug-likeness (QED) is 0.876. The fraction of sp³-hybridized carbons (Fsp3) is 0.615. The highest BCUT2D eigenvalue weighted by Gasteiger charge is 2.20. The number of hydrogen-bond acceptors (Lipinski definition) is 3. The van der Waals surface area contributed by atoms with E-state index in [4.69, 9.17) is 15.7 Å². The van der Waals surface area contributed by atoms with Crippen LogP contribution in [0.5, 0.6) is 5.88 Å². The van der Waals surface area contributed by atoms with Crippen LogP contribution in [-0.4, -0.2) is 10.2 Å². The number of hydrogen-bond donors (Lipinski definition) is 1. The summed E-state index contributed by atoms with van der Waals surface area (Å²) in [6, 6.07) is 3.82. The number of nitrogen functional groups attached to an aromatic ring is 1. The van der Waals surface area contributed by atoms with Gasteiger partial charge in [0, 0.05) is 12.6 Å². The minimum absolute atomic E-state index is 0.325. The van der Waals surface area contributed by atoms with Crippen molar-refractivity contribution in [1.29, 1.82) is 5.26 Å². The molecule has 0 fully saturated rings. The van der Waals surface area contributed by atoms with Gasteiger partial charge in [-0.25, -0.2) is 0 Å². The summed E-state index contributed by atoms with van der Waals surface area (Å²) in [7, 11) is 0. The largest absolute Gasteiger partial charge is 0.472 e. The molecular formula is C13H21N3O. The van der Waals surface area contributed by atoms with Gasteiger partial charge in [0.25, 0.3) is 0 Å². The van der Waals surface area contributed by atoms with E-state index < -0.39 is 0 Å². The van der Waals surface area contributed by atoms with Crippen molar-refractivity contribution in [3.05, 3.63) is 11.8 Å². The molecule has 0 bridgehead atoms. The van der Waals surface area contributed by atoms with Gasteiger partial charge >= 0.3 is 0 Å². The summed E-state index contributed by atoms with van der Waals surface area (Å²) in [6.07, 6.45) is 0. The second-order valence-electron chi connectivity index (χ2n) is 5.62. The summed E-state index contributed by atoms with van der Waals surface area (Å²) < 4.78 is 7.69. The van der Waals surface area contributed by atoms with Crippen molar-refractivity contribution in [2.45, 2.75) is 46.8 Å². The number of rotatable bonds is 3. The van der Waals surface area contributed by atoms with Crippen LogP contribution in [0.25, 0.3) is 0 Å². The monoisotopic (exact) mass is 235 g/mol. The smallest absolute Gasteiger partial charge is 0.218 e. The van der Waals surface area contributed by atoms with Crippen LogP contribution in [0.2, 0.25) is 0 Å². The number of ether oxygens (including phenoxy) is 1. The highest BCUT2D eigenvalue weighted by molar-refractivity contribution is 5.55. The van der Waals surface area contributed by atoms with Crippen molar-refractivity contribution in [2.75, 3.05) is 5.73 Å². The molecule has 4 nitrogen and oxygen atoms in total. The number of aromatic nitrogens is 1. The lowest BCUT2D eigenvalue weighted by molar-refractivity contribution is 0.117. The molecule has 1 aromatic rings. The van der Waals surface area contributed by atoms with Crippen molar-refractivity contribution < 1.29 is 4.74 Å². The van der Waals surface area contributed by atoms with Gasteiger partial charge in [0.1, 0.15) is 17.4 Å². The molecule has 0 atom stereocenters. The van der Waals surface area contributed by atoms with E-state index in [0.717, 1.165) is 6.54 Å². The van der Waals surface area contributed by atoms with E-state index in [1.54, 1.807) is 6.07 Å². The minimum atomic E-state index is -0.325. The fourth-order valence-electron chi connectivity index (χ4n) is 1.60. The molecular weight excluding hydrogens is 214 g/mol. The van der Waals surface area contributed by atoms with Gasteiger partial charge in [-0.2, -0.15) is 5.26 Å². The zero-order valence-electron chi connectivity index (χ0n) is 11.2. The SMILES string of the molecule is CC(C)Cn1c(C#N)cc(N)c1OC(C)(C)C. The Bertz CT molecular complexity index is 433. The molecule has 0 unspecified atom stereocenters. The fourth-order valence-corrected chi connectivity index (χ4v) is 1.60. The molecule has 0 aliphatic heterocycles. The molecule has 0 saturated heterocycles. The minimum Gasteiger partial charge on any atom is -0.472 e. The first-order valence-electron chi connectivity index (χ1n) is 5.82. The van der Waals surface area contributed by atoms with Gasteiger partial charge in [-0.3, -0.25) is 0 Å². The van der Waals surface area contributed by atoms with Gasteiger partial charge in [-0.05, 0) is 26.7 Å². The summed E-state index contributed by atoms with van der Waals surface area (Å²) in [5.74, 6) is 1.03. The van der Waals surface area contributed by atoms with Crippen LogP contribution >= 0.6 is 0 Å². The Balaban J connectivity index is 3.18. The lowest BCUT2D eigenvalue weighted by Gasteiger charge is -2.23. The predicted molar refractivity (Wildman–Crippen MR) is 68.8 cm³/mol. The molecule has 4 heteroatoms. The van der Waals surface area contributed by atoms with Gasteiger partial charge in [-0.1, -0.05) is 13.8 Å². The van der Waals surface area contributed by atoms with Crippen LogP contribution in [0.4, 0.5) is 5.69 Å². The average Bonchev–Trinajstić information content (AvgIpc) is 2.42. The highest BCUT2D eigenvalue weighted by atomic mass is 16.5. The zero-order chi connectivity index (χ0) is 13.2. The summed E-state index contributed by atoms with van der Waals surface area (Å²) in [6.45, 7) is 10.8. The van der Waals surface area contributed by atoms with E-state index in [1.807, 2.05) is 25.3 Å². The number of anilines is 1. The molecule has 0 saturated carbocycles.